The van der Waals surface area contributed by atoms with Crippen LogP contribution < -0.4 is 4.90 Å². The Morgan fingerprint density at radius 2 is 0.904 bits per heavy atom. The number of rotatable bonds is 6. The average molecular weight is 664 g/mol. The normalized spacial score (nSPS) is 11.5. The molecule has 10 aromatic rings. The lowest BCUT2D eigenvalue weighted by molar-refractivity contribution is 0.673. The molecule has 0 amide bonds. The van der Waals surface area contributed by atoms with Gasteiger partial charge in [-0.15, -0.1) is 0 Å². The van der Waals surface area contributed by atoms with Crippen LogP contribution in [-0.4, -0.2) is 0 Å². The van der Waals surface area contributed by atoms with Crippen LogP contribution in [0.4, 0.5) is 17.1 Å². The smallest absolute Gasteiger partial charge is 0.143 e. The maximum atomic E-state index is 6.80. The van der Waals surface area contributed by atoms with E-state index in [0.717, 1.165) is 44.4 Å². The summed E-state index contributed by atoms with van der Waals surface area (Å²) in [5.74, 6) is 0. The molecule has 0 radical (unpaired) electrons. The fourth-order valence-electron chi connectivity index (χ4n) is 7.75. The summed E-state index contributed by atoms with van der Waals surface area (Å²) in [6.07, 6.45) is 0. The monoisotopic (exact) mass is 663 g/mol. The van der Waals surface area contributed by atoms with Crippen molar-refractivity contribution in [2.45, 2.75) is 0 Å². The van der Waals surface area contributed by atoms with Gasteiger partial charge >= 0.3 is 0 Å². The van der Waals surface area contributed by atoms with Gasteiger partial charge in [-0.2, -0.15) is 0 Å². The van der Waals surface area contributed by atoms with E-state index < -0.39 is 0 Å². The van der Waals surface area contributed by atoms with Crippen molar-refractivity contribution in [2.75, 3.05) is 4.90 Å². The first kappa shape index (κ1) is 30.0. The Balaban J connectivity index is 1.14. The van der Waals surface area contributed by atoms with Crippen molar-refractivity contribution in [3.05, 3.63) is 200 Å². The minimum Gasteiger partial charge on any atom is -0.455 e. The molecular formula is C50H33NO. The highest BCUT2D eigenvalue weighted by Crippen LogP contribution is 2.43. The molecule has 0 N–H and O–H groups in total. The van der Waals surface area contributed by atoms with Gasteiger partial charge in [-0.1, -0.05) is 152 Å². The van der Waals surface area contributed by atoms with Gasteiger partial charge < -0.3 is 9.32 Å². The van der Waals surface area contributed by atoms with E-state index >= 15 is 0 Å². The van der Waals surface area contributed by atoms with Crippen LogP contribution >= 0.6 is 0 Å². The maximum Gasteiger partial charge on any atom is 0.143 e. The van der Waals surface area contributed by atoms with Crippen molar-refractivity contribution in [3.8, 4) is 33.4 Å². The number of fused-ring (bicyclic) bond motifs is 6. The lowest BCUT2D eigenvalue weighted by atomic mass is 9.95. The second-order valence-electron chi connectivity index (χ2n) is 13.3. The second kappa shape index (κ2) is 12.5. The number of nitrogens with zero attached hydrogens (tertiary/aromatic N) is 1. The van der Waals surface area contributed by atoms with E-state index in [1.165, 1.54) is 49.5 Å². The van der Waals surface area contributed by atoms with Crippen LogP contribution in [0.3, 0.4) is 0 Å². The largest absolute Gasteiger partial charge is 0.455 e. The summed E-state index contributed by atoms with van der Waals surface area (Å²) in [7, 11) is 0. The van der Waals surface area contributed by atoms with Crippen molar-refractivity contribution in [2.24, 2.45) is 0 Å². The minimum absolute atomic E-state index is 0.861. The molecule has 9 aromatic carbocycles. The Hall–Kier alpha value is -6.90. The van der Waals surface area contributed by atoms with Gasteiger partial charge in [0.25, 0.3) is 0 Å². The molecule has 2 heteroatoms. The summed E-state index contributed by atoms with van der Waals surface area (Å²) < 4.78 is 6.80. The molecule has 0 bridgehead atoms. The van der Waals surface area contributed by atoms with E-state index in [1.54, 1.807) is 0 Å². The van der Waals surface area contributed by atoms with Crippen LogP contribution in [0.1, 0.15) is 0 Å². The summed E-state index contributed by atoms with van der Waals surface area (Å²) in [4.78, 5) is 2.33. The number of anilines is 3. The summed E-state index contributed by atoms with van der Waals surface area (Å²) in [5.41, 5.74) is 12.1. The predicted molar refractivity (Wildman–Crippen MR) is 220 cm³/mol. The average Bonchev–Trinajstić information content (AvgIpc) is 3.60. The van der Waals surface area contributed by atoms with E-state index in [-0.39, 0.29) is 0 Å². The van der Waals surface area contributed by atoms with Crippen molar-refractivity contribution in [1.82, 2.24) is 0 Å². The molecular weight excluding hydrogens is 631 g/mol. The highest BCUT2D eigenvalue weighted by molar-refractivity contribution is 6.19. The zero-order valence-electron chi connectivity index (χ0n) is 28.4. The Morgan fingerprint density at radius 3 is 1.71 bits per heavy atom. The van der Waals surface area contributed by atoms with Crippen LogP contribution in [0.5, 0.6) is 0 Å². The summed E-state index contributed by atoms with van der Waals surface area (Å²) in [6.45, 7) is 0. The van der Waals surface area contributed by atoms with Gasteiger partial charge in [0.15, 0.2) is 0 Å². The maximum absolute atomic E-state index is 6.80. The van der Waals surface area contributed by atoms with Gasteiger partial charge in [0.2, 0.25) is 0 Å². The SMILES string of the molecule is c1ccc(-c2cccc(N(c3ccc(-c4cccc5ccccc45)cc3)c3ccc4c(c3)oc3c5ccccc5c(-c5ccccc5)cc43)c2)cc1. The number of benzene rings is 9. The molecule has 0 saturated heterocycles. The number of furan rings is 1. The Bertz CT molecular complexity index is 2880. The van der Waals surface area contributed by atoms with Crippen molar-refractivity contribution >= 4 is 60.5 Å². The third-order valence-corrected chi connectivity index (χ3v) is 10.2. The van der Waals surface area contributed by atoms with Crippen LogP contribution in [0, 0.1) is 0 Å². The minimum atomic E-state index is 0.861. The molecule has 0 aliphatic heterocycles. The molecule has 0 unspecified atom stereocenters. The third-order valence-electron chi connectivity index (χ3n) is 10.2. The lowest BCUT2D eigenvalue weighted by Crippen LogP contribution is -2.10. The van der Waals surface area contributed by atoms with Crippen LogP contribution in [0.2, 0.25) is 0 Å². The van der Waals surface area contributed by atoms with Gasteiger partial charge in [0.1, 0.15) is 11.2 Å². The van der Waals surface area contributed by atoms with Crippen molar-refractivity contribution in [1.29, 1.82) is 0 Å². The van der Waals surface area contributed by atoms with Gasteiger partial charge in [-0.3, -0.25) is 0 Å². The van der Waals surface area contributed by atoms with Gasteiger partial charge in [-0.25, -0.2) is 0 Å². The van der Waals surface area contributed by atoms with Crippen LogP contribution in [0.25, 0.3) is 76.9 Å². The molecule has 10 rings (SSSR count). The van der Waals surface area contributed by atoms with E-state index in [4.69, 9.17) is 4.42 Å². The number of hydrogen-bond acceptors (Lipinski definition) is 2. The Labute approximate surface area is 302 Å². The second-order valence-corrected chi connectivity index (χ2v) is 13.3. The lowest BCUT2D eigenvalue weighted by Gasteiger charge is -2.26. The molecule has 1 heterocycles. The molecule has 0 aliphatic carbocycles. The molecule has 0 fully saturated rings. The van der Waals surface area contributed by atoms with Gasteiger partial charge in [0.05, 0.1) is 0 Å². The zero-order valence-corrected chi connectivity index (χ0v) is 28.4. The summed E-state index contributed by atoms with van der Waals surface area (Å²) in [6, 6.07) is 71.5. The first-order valence-corrected chi connectivity index (χ1v) is 17.8. The molecule has 52 heavy (non-hydrogen) atoms. The summed E-state index contributed by atoms with van der Waals surface area (Å²) >= 11 is 0. The van der Waals surface area contributed by atoms with Gasteiger partial charge in [-0.05, 0) is 92.0 Å². The highest BCUT2D eigenvalue weighted by atomic mass is 16.3. The molecule has 0 spiro atoms. The van der Waals surface area contributed by atoms with E-state index in [0.29, 0.717) is 0 Å². The van der Waals surface area contributed by atoms with Gasteiger partial charge in [0, 0.05) is 39.3 Å². The number of hydrogen-bond donors (Lipinski definition) is 0. The highest BCUT2D eigenvalue weighted by Gasteiger charge is 2.19. The third kappa shape index (κ3) is 5.12. The standard InChI is InChI=1S/C50H33NO/c1-3-13-34(14-4-1)38-19-11-20-40(31-38)51(39-27-25-37(26-28-39)43-24-12-18-35-17-7-8-21-42(35)43)41-29-30-45-48-33-47(36-15-5-2-6-16-36)44-22-9-10-23-46(44)50(48)52-49(45)32-41/h1-33H. The van der Waals surface area contributed by atoms with Crippen LogP contribution in [-0.2, 0) is 0 Å². The molecule has 2 nitrogen and oxygen atoms in total. The first-order chi connectivity index (χ1) is 25.8. The van der Waals surface area contributed by atoms with Crippen molar-refractivity contribution in [3.63, 3.8) is 0 Å². The molecule has 1 aromatic heterocycles. The van der Waals surface area contributed by atoms with E-state index in [1.807, 2.05) is 0 Å². The van der Waals surface area contributed by atoms with E-state index in [9.17, 15) is 0 Å². The fourth-order valence-corrected chi connectivity index (χ4v) is 7.75. The summed E-state index contributed by atoms with van der Waals surface area (Å²) in [5, 5.41) is 7.02. The predicted octanol–water partition coefficient (Wildman–Crippen LogP) is 14.4. The zero-order chi connectivity index (χ0) is 34.4. The first-order valence-electron chi connectivity index (χ1n) is 17.8. The molecule has 0 saturated carbocycles. The Kier molecular flexibility index (Phi) is 7.18. The van der Waals surface area contributed by atoms with Crippen molar-refractivity contribution < 1.29 is 4.42 Å². The fraction of sp³-hybridized carbons (Fsp3) is 0. The van der Waals surface area contributed by atoms with E-state index in [2.05, 4.69) is 205 Å². The Morgan fingerprint density at radius 1 is 0.308 bits per heavy atom. The topological polar surface area (TPSA) is 16.4 Å². The molecule has 0 aliphatic rings. The molecule has 244 valence electrons. The molecule has 0 atom stereocenters. The van der Waals surface area contributed by atoms with Crippen LogP contribution in [0.15, 0.2) is 205 Å². The quantitative estimate of drug-likeness (QED) is 0.176.